The zero-order valence-electron chi connectivity index (χ0n) is 15.1. The second kappa shape index (κ2) is 7.06. The van der Waals surface area contributed by atoms with Crippen LogP contribution in [0, 0.1) is 11.2 Å². The first-order valence-electron chi connectivity index (χ1n) is 8.97. The lowest BCUT2D eigenvalue weighted by Gasteiger charge is -2.46. The summed E-state index contributed by atoms with van der Waals surface area (Å²) in [5.74, 6) is -0.390. The predicted molar refractivity (Wildman–Crippen MR) is 98.9 cm³/mol. The number of carbonyl (C=O) groups is 2. The number of rotatable bonds is 4. The average molecular weight is 356 g/mol. The SMILES string of the molecule is C=CC(=O)N[C@H]1CN(C(=O)C2(C)CC(=C)C2)CC[C@@H]1c1ccc(F)cc1. The Morgan fingerprint density at radius 1 is 1.31 bits per heavy atom. The Bertz CT molecular complexity index is 733. The Balaban J connectivity index is 1.77. The fourth-order valence-corrected chi connectivity index (χ4v) is 4.22. The first kappa shape index (κ1) is 18.4. The van der Waals surface area contributed by atoms with Crippen LogP contribution in [0.1, 0.15) is 37.7 Å². The Morgan fingerprint density at radius 3 is 2.54 bits per heavy atom. The van der Waals surface area contributed by atoms with Gasteiger partial charge in [-0.05, 0) is 43.0 Å². The van der Waals surface area contributed by atoms with Crippen molar-refractivity contribution < 1.29 is 14.0 Å². The first-order valence-corrected chi connectivity index (χ1v) is 8.97. The Labute approximate surface area is 153 Å². The molecule has 1 saturated carbocycles. The van der Waals surface area contributed by atoms with Crippen LogP contribution >= 0.6 is 0 Å². The minimum absolute atomic E-state index is 0.0349. The molecule has 1 heterocycles. The summed E-state index contributed by atoms with van der Waals surface area (Å²) in [5.41, 5.74) is 1.71. The van der Waals surface area contributed by atoms with Gasteiger partial charge < -0.3 is 10.2 Å². The standard InChI is InChI=1S/C21H25FN2O2/c1-4-19(25)23-18-13-24(20(26)21(3)11-14(2)12-21)10-9-17(18)15-5-7-16(22)8-6-15/h4-8,17-18H,1-2,9-13H2,3H3,(H,23,25)/t17-,18+/m1/s1. The van der Waals surface area contributed by atoms with Gasteiger partial charge >= 0.3 is 0 Å². The third kappa shape index (κ3) is 3.57. The highest BCUT2D eigenvalue weighted by Gasteiger charge is 2.46. The van der Waals surface area contributed by atoms with E-state index < -0.39 is 0 Å². The molecule has 2 atom stereocenters. The van der Waals surface area contributed by atoms with E-state index in [1.165, 1.54) is 18.2 Å². The summed E-state index contributed by atoms with van der Waals surface area (Å²) in [6.07, 6.45) is 3.41. The molecule has 1 aromatic carbocycles. The summed E-state index contributed by atoms with van der Waals surface area (Å²) in [6.45, 7) is 10.5. The Kier molecular flexibility index (Phi) is 4.99. The molecule has 2 aliphatic rings. The van der Waals surface area contributed by atoms with Crippen molar-refractivity contribution in [3.05, 3.63) is 60.5 Å². The molecule has 0 unspecified atom stereocenters. The van der Waals surface area contributed by atoms with Crippen LogP contribution in [0.25, 0.3) is 0 Å². The summed E-state index contributed by atoms with van der Waals surface area (Å²) < 4.78 is 13.2. The molecule has 1 aromatic rings. The second-order valence-electron chi connectivity index (χ2n) is 7.68. The molecule has 2 amide bonds. The number of likely N-dealkylation sites (tertiary alicyclic amines) is 1. The number of carbonyl (C=O) groups excluding carboxylic acids is 2. The highest BCUT2D eigenvalue weighted by molar-refractivity contribution is 5.87. The van der Waals surface area contributed by atoms with E-state index in [1.54, 1.807) is 12.1 Å². The number of hydrogen-bond acceptors (Lipinski definition) is 2. The van der Waals surface area contributed by atoms with Crippen molar-refractivity contribution in [3.8, 4) is 0 Å². The fraction of sp³-hybridized carbons (Fsp3) is 0.429. The Morgan fingerprint density at radius 2 is 1.96 bits per heavy atom. The first-order chi connectivity index (χ1) is 12.3. The van der Waals surface area contributed by atoms with E-state index in [0.717, 1.165) is 30.4 Å². The van der Waals surface area contributed by atoms with Gasteiger partial charge in [-0.1, -0.05) is 37.8 Å². The number of piperidine rings is 1. The van der Waals surface area contributed by atoms with Crippen molar-refractivity contribution in [2.24, 2.45) is 5.41 Å². The van der Waals surface area contributed by atoms with E-state index in [0.29, 0.717) is 13.1 Å². The molecule has 138 valence electrons. The highest BCUT2D eigenvalue weighted by atomic mass is 19.1. The van der Waals surface area contributed by atoms with Crippen LogP contribution in [-0.2, 0) is 9.59 Å². The zero-order chi connectivity index (χ0) is 18.9. The minimum Gasteiger partial charge on any atom is -0.347 e. The quantitative estimate of drug-likeness (QED) is 0.665. The van der Waals surface area contributed by atoms with Crippen LogP contribution in [0.3, 0.4) is 0 Å². The lowest BCUT2D eigenvalue weighted by atomic mass is 9.66. The van der Waals surface area contributed by atoms with Crippen molar-refractivity contribution >= 4 is 11.8 Å². The van der Waals surface area contributed by atoms with Crippen LogP contribution in [0.15, 0.2) is 49.1 Å². The maximum Gasteiger partial charge on any atom is 0.243 e. The topological polar surface area (TPSA) is 49.4 Å². The van der Waals surface area contributed by atoms with E-state index >= 15 is 0 Å². The largest absolute Gasteiger partial charge is 0.347 e. The molecule has 0 radical (unpaired) electrons. The maximum atomic E-state index is 13.2. The molecule has 0 bridgehead atoms. The zero-order valence-corrected chi connectivity index (χ0v) is 15.1. The van der Waals surface area contributed by atoms with Crippen LogP contribution < -0.4 is 5.32 Å². The molecule has 3 rings (SSSR count). The van der Waals surface area contributed by atoms with Gasteiger partial charge in [0, 0.05) is 19.0 Å². The number of amides is 2. The van der Waals surface area contributed by atoms with Crippen molar-refractivity contribution in [1.29, 1.82) is 0 Å². The van der Waals surface area contributed by atoms with E-state index in [1.807, 2.05) is 11.8 Å². The van der Waals surface area contributed by atoms with Crippen molar-refractivity contribution in [3.63, 3.8) is 0 Å². The maximum absolute atomic E-state index is 13.2. The van der Waals surface area contributed by atoms with Gasteiger partial charge in [-0.15, -0.1) is 0 Å². The molecule has 1 aliphatic carbocycles. The third-order valence-corrected chi connectivity index (χ3v) is 5.51. The van der Waals surface area contributed by atoms with E-state index in [2.05, 4.69) is 18.5 Å². The summed E-state index contributed by atoms with van der Waals surface area (Å²) in [7, 11) is 0. The monoisotopic (exact) mass is 356 g/mol. The van der Waals surface area contributed by atoms with Gasteiger partial charge in [-0.3, -0.25) is 9.59 Å². The third-order valence-electron chi connectivity index (χ3n) is 5.51. The molecule has 1 saturated heterocycles. The molecular formula is C21H25FN2O2. The van der Waals surface area contributed by atoms with Gasteiger partial charge in [-0.2, -0.15) is 0 Å². The number of hydrogen-bond donors (Lipinski definition) is 1. The smallest absolute Gasteiger partial charge is 0.243 e. The normalized spacial score (nSPS) is 24.5. The van der Waals surface area contributed by atoms with Crippen molar-refractivity contribution in [2.75, 3.05) is 13.1 Å². The molecule has 0 aromatic heterocycles. The summed E-state index contributed by atoms with van der Waals surface area (Å²) in [6, 6.07) is 6.14. The number of nitrogens with zero attached hydrogens (tertiary/aromatic N) is 1. The molecular weight excluding hydrogens is 331 g/mol. The Hall–Kier alpha value is -2.43. The molecule has 26 heavy (non-hydrogen) atoms. The minimum atomic E-state index is -0.368. The van der Waals surface area contributed by atoms with Crippen LogP contribution in [-0.4, -0.2) is 35.8 Å². The lowest BCUT2D eigenvalue weighted by molar-refractivity contribution is -0.145. The van der Waals surface area contributed by atoms with Crippen LogP contribution in [0.2, 0.25) is 0 Å². The van der Waals surface area contributed by atoms with Gasteiger partial charge in [0.2, 0.25) is 11.8 Å². The van der Waals surface area contributed by atoms with Crippen LogP contribution in [0.5, 0.6) is 0 Å². The highest BCUT2D eigenvalue weighted by Crippen LogP contribution is 2.46. The van der Waals surface area contributed by atoms with E-state index in [-0.39, 0.29) is 35.0 Å². The molecule has 5 heteroatoms. The van der Waals surface area contributed by atoms with Gasteiger partial charge in [-0.25, -0.2) is 4.39 Å². The summed E-state index contributed by atoms with van der Waals surface area (Å²) >= 11 is 0. The second-order valence-corrected chi connectivity index (χ2v) is 7.68. The summed E-state index contributed by atoms with van der Waals surface area (Å²) in [4.78, 5) is 26.7. The number of nitrogens with one attached hydrogen (secondary N) is 1. The fourth-order valence-electron chi connectivity index (χ4n) is 4.22. The summed E-state index contributed by atoms with van der Waals surface area (Å²) in [5, 5.41) is 2.95. The lowest BCUT2D eigenvalue weighted by Crippen LogP contribution is -2.56. The van der Waals surface area contributed by atoms with Crippen molar-refractivity contribution in [1.82, 2.24) is 10.2 Å². The van der Waals surface area contributed by atoms with Gasteiger partial charge in [0.15, 0.2) is 0 Å². The van der Waals surface area contributed by atoms with E-state index in [9.17, 15) is 14.0 Å². The van der Waals surface area contributed by atoms with Crippen molar-refractivity contribution in [2.45, 2.75) is 38.1 Å². The molecule has 2 fully saturated rings. The van der Waals surface area contributed by atoms with Crippen LogP contribution in [0.4, 0.5) is 4.39 Å². The predicted octanol–water partition coefficient (Wildman–Crippen LogP) is 3.17. The average Bonchev–Trinajstić information content (AvgIpc) is 2.60. The number of allylic oxidation sites excluding steroid dienone is 1. The van der Waals surface area contributed by atoms with E-state index in [4.69, 9.17) is 0 Å². The molecule has 1 N–H and O–H groups in total. The van der Waals surface area contributed by atoms with Gasteiger partial charge in [0.1, 0.15) is 5.82 Å². The molecule has 0 spiro atoms. The van der Waals surface area contributed by atoms with Gasteiger partial charge in [0.25, 0.3) is 0 Å². The molecule has 4 nitrogen and oxygen atoms in total. The number of benzene rings is 1. The molecule has 1 aliphatic heterocycles. The van der Waals surface area contributed by atoms with Gasteiger partial charge in [0.05, 0.1) is 11.5 Å². The number of halogens is 1.